The Labute approximate surface area is 105 Å². The normalized spacial score (nSPS) is 12.1. The maximum Gasteiger partial charge on any atom is 0.305 e. The molecular weight excluding hydrogens is 238 g/mol. The Morgan fingerprint density at radius 2 is 2.24 bits per heavy atom. The van der Waals surface area contributed by atoms with Crippen molar-refractivity contribution in [3.63, 3.8) is 0 Å². The number of amides is 1. The van der Waals surface area contributed by atoms with Gasteiger partial charge in [-0.05, 0) is 24.8 Å². The van der Waals surface area contributed by atoms with E-state index in [-0.39, 0.29) is 18.4 Å². The van der Waals surface area contributed by atoms with Crippen molar-refractivity contribution in [2.75, 3.05) is 7.05 Å². The first-order chi connectivity index (χ1) is 8.00. The predicted molar refractivity (Wildman–Crippen MR) is 67.1 cm³/mol. The minimum Gasteiger partial charge on any atom is -0.481 e. The average molecular weight is 255 g/mol. The molecule has 4 nitrogen and oxygen atoms in total. The van der Waals surface area contributed by atoms with Crippen LogP contribution in [-0.2, 0) is 16.0 Å². The van der Waals surface area contributed by atoms with Gasteiger partial charge in [-0.15, -0.1) is 11.3 Å². The lowest BCUT2D eigenvalue weighted by Crippen LogP contribution is -2.36. The molecule has 0 saturated heterocycles. The molecule has 17 heavy (non-hydrogen) atoms. The van der Waals surface area contributed by atoms with Crippen LogP contribution in [0.2, 0.25) is 0 Å². The van der Waals surface area contributed by atoms with Crippen molar-refractivity contribution in [2.45, 2.75) is 32.2 Å². The summed E-state index contributed by atoms with van der Waals surface area (Å²) in [4.78, 5) is 25.0. The number of hydrogen-bond acceptors (Lipinski definition) is 3. The van der Waals surface area contributed by atoms with Crippen LogP contribution < -0.4 is 0 Å². The van der Waals surface area contributed by atoms with E-state index in [9.17, 15) is 9.59 Å². The number of carbonyl (C=O) groups excluding carboxylic acids is 1. The van der Waals surface area contributed by atoms with Gasteiger partial charge in [-0.25, -0.2) is 0 Å². The van der Waals surface area contributed by atoms with Gasteiger partial charge in [-0.2, -0.15) is 0 Å². The van der Waals surface area contributed by atoms with Gasteiger partial charge in [0.05, 0.1) is 6.42 Å². The largest absolute Gasteiger partial charge is 0.481 e. The van der Waals surface area contributed by atoms with Crippen LogP contribution in [0.25, 0.3) is 0 Å². The Morgan fingerprint density at radius 1 is 1.53 bits per heavy atom. The Hall–Kier alpha value is -1.36. The summed E-state index contributed by atoms with van der Waals surface area (Å²) in [5.41, 5.74) is 0. The molecular formula is C12H17NO3S. The molecule has 1 rings (SSSR count). The Balaban J connectivity index is 2.38. The van der Waals surface area contributed by atoms with Gasteiger partial charge in [0.15, 0.2) is 0 Å². The Kier molecular flexibility index (Phi) is 5.15. The molecule has 0 aliphatic heterocycles. The molecule has 0 aromatic carbocycles. The zero-order chi connectivity index (χ0) is 12.8. The first-order valence-corrected chi connectivity index (χ1v) is 6.38. The van der Waals surface area contributed by atoms with E-state index in [1.807, 2.05) is 17.5 Å². The van der Waals surface area contributed by atoms with Gasteiger partial charge in [0, 0.05) is 24.4 Å². The van der Waals surface area contributed by atoms with Gasteiger partial charge in [-0.3, -0.25) is 9.59 Å². The summed E-state index contributed by atoms with van der Waals surface area (Å²) in [7, 11) is 1.66. The second kappa shape index (κ2) is 6.39. The monoisotopic (exact) mass is 255 g/mol. The Bertz CT molecular complexity index is 375. The number of thiophene rings is 1. The maximum atomic E-state index is 11.8. The molecule has 0 radical (unpaired) electrons. The zero-order valence-corrected chi connectivity index (χ0v) is 10.9. The molecule has 1 amide bonds. The summed E-state index contributed by atoms with van der Waals surface area (Å²) in [6.07, 6.45) is 1.14. The van der Waals surface area contributed by atoms with Crippen LogP contribution in [0, 0.1) is 0 Å². The molecule has 1 N–H and O–H groups in total. The molecule has 1 heterocycles. The number of carboxylic acid groups (broad SMARTS) is 1. The molecule has 0 aliphatic rings. The topological polar surface area (TPSA) is 57.6 Å². The highest BCUT2D eigenvalue weighted by atomic mass is 32.1. The molecule has 0 aliphatic carbocycles. The van der Waals surface area contributed by atoms with Crippen molar-refractivity contribution in [2.24, 2.45) is 0 Å². The van der Waals surface area contributed by atoms with Gasteiger partial charge in [0.25, 0.3) is 0 Å². The molecule has 1 aromatic heterocycles. The summed E-state index contributed by atoms with van der Waals surface area (Å²) in [5, 5.41) is 10.6. The van der Waals surface area contributed by atoms with E-state index in [0.717, 1.165) is 6.42 Å². The van der Waals surface area contributed by atoms with Gasteiger partial charge in [0.1, 0.15) is 0 Å². The smallest absolute Gasteiger partial charge is 0.305 e. The summed E-state index contributed by atoms with van der Waals surface area (Å²) in [5.74, 6) is -0.887. The SMILES string of the molecule is CC(CC(=O)O)N(C)C(=O)CCc1cccs1. The van der Waals surface area contributed by atoms with Crippen molar-refractivity contribution in [3.8, 4) is 0 Å². The average Bonchev–Trinajstić information content (AvgIpc) is 2.76. The number of nitrogens with zero attached hydrogens (tertiary/aromatic N) is 1. The summed E-state index contributed by atoms with van der Waals surface area (Å²) < 4.78 is 0. The van der Waals surface area contributed by atoms with Crippen molar-refractivity contribution >= 4 is 23.2 Å². The molecule has 0 spiro atoms. The van der Waals surface area contributed by atoms with Crippen LogP contribution in [0.15, 0.2) is 17.5 Å². The quantitative estimate of drug-likeness (QED) is 0.846. The van der Waals surface area contributed by atoms with E-state index in [4.69, 9.17) is 5.11 Å². The third-order valence-corrected chi connectivity index (χ3v) is 3.63. The predicted octanol–water partition coefficient (Wildman–Crippen LogP) is 2.00. The third-order valence-electron chi connectivity index (χ3n) is 2.69. The standard InChI is InChI=1S/C12H17NO3S/c1-9(8-12(15)16)13(2)11(14)6-5-10-4-3-7-17-10/h3-4,7,9H,5-6,8H2,1-2H3,(H,15,16). The van der Waals surface area contributed by atoms with Gasteiger partial charge >= 0.3 is 5.97 Å². The first kappa shape index (κ1) is 13.7. The fraction of sp³-hybridized carbons (Fsp3) is 0.500. The molecule has 0 saturated carbocycles. The molecule has 1 unspecified atom stereocenters. The number of aryl methyl sites for hydroxylation is 1. The molecule has 5 heteroatoms. The molecule has 94 valence electrons. The minimum atomic E-state index is -0.879. The summed E-state index contributed by atoms with van der Waals surface area (Å²) in [6, 6.07) is 3.70. The molecule has 0 fully saturated rings. The lowest BCUT2D eigenvalue weighted by atomic mass is 10.2. The van der Waals surface area contributed by atoms with Crippen molar-refractivity contribution in [1.82, 2.24) is 4.90 Å². The van der Waals surface area contributed by atoms with Crippen molar-refractivity contribution < 1.29 is 14.7 Å². The van der Waals surface area contributed by atoms with Crippen LogP contribution >= 0.6 is 11.3 Å². The number of rotatable bonds is 6. The minimum absolute atomic E-state index is 0.00727. The fourth-order valence-corrected chi connectivity index (χ4v) is 2.21. The first-order valence-electron chi connectivity index (χ1n) is 5.50. The van der Waals surface area contributed by atoms with Crippen LogP contribution in [0.5, 0.6) is 0 Å². The number of aliphatic carboxylic acids is 1. The van der Waals surface area contributed by atoms with E-state index in [1.165, 1.54) is 9.78 Å². The summed E-state index contributed by atoms with van der Waals surface area (Å²) in [6.45, 7) is 1.75. The molecule has 0 bridgehead atoms. The van der Waals surface area contributed by atoms with Gasteiger partial charge in [-0.1, -0.05) is 6.07 Å². The zero-order valence-electron chi connectivity index (χ0n) is 10.0. The maximum absolute atomic E-state index is 11.8. The number of carboxylic acids is 1. The second-order valence-electron chi connectivity index (χ2n) is 4.03. The van der Waals surface area contributed by atoms with Crippen molar-refractivity contribution in [3.05, 3.63) is 22.4 Å². The lowest BCUT2D eigenvalue weighted by Gasteiger charge is -2.23. The molecule has 1 aromatic rings. The van der Waals surface area contributed by atoms with E-state index in [1.54, 1.807) is 25.3 Å². The van der Waals surface area contributed by atoms with Crippen LogP contribution in [0.1, 0.15) is 24.6 Å². The van der Waals surface area contributed by atoms with Gasteiger partial charge < -0.3 is 10.0 Å². The van der Waals surface area contributed by atoms with Crippen molar-refractivity contribution in [1.29, 1.82) is 0 Å². The summed E-state index contributed by atoms with van der Waals surface area (Å²) >= 11 is 1.63. The number of hydrogen-bond donors (Lipinski definition) is 1. The van der Waals surface area contributed by atoms with Crippen LogP contribution in [0.3, 0.4) is 0 Å². The third kappa shape index (κ3) is 4.56. The highest BCUT2D eigenvalue weighted by molar-refractivity contribution is 7.09. The van der Waals surface area contributed by atoms with Gasteiger partial charge in [0.2, 0.25) is 5.91 Å². The van der Waals surface area contributed by atoms with E-state index < -0.39 is 5.97 Å². The van der Waals surface area contributed by atoms with E-state index >= 15 is 0 Å². The molecule has 1 atom stereocenters. The highest BCUT2D eigenvalue weighted by Gasteiger charge is 2.17. The van der Waals surface area contributed by atoms with E-state index in [0.29, 0.717) is 6.42 Å². The van der Waals surface area contributed by atoms with Crippen LogP contribution in [-0.4, -0.2) is 35.0 Å². The lowest BCUT2D eigenvalue weighted by molar-refractivity contribution is -0.139. The second-order valence-corrected chi connectivity index (χ2v) is 5.06. The fourth-order valence-electron chi connectivity index (χ4n) is 1.50. The van der Waals surface area contributed by atoms with Crippen LogP contribution in [0.4, 0.5) is 0 Å². The number of carbonyl (C=O) groups is 2. The highest BCUT2D eigenvalue weighted by Crippen LogP contribution is 2.12. The Morgan fingerprint density at radius 3 is 2.76 bits per heavy atom. The van der Waals surface area contributed by atoms with E-state index in [2.05, 4.69) is 0 Å².